The number of fused-ring (bicyclic) bond motifs is 1. The average Bonchev–Trinajstić information content (AvgIpc) is 2.53. The van der Waals surface area contributed by atoms with Gasteiger partial charge in [-0.2, -0.15) is 0 Å². The predicted octanol–water partition coefficient (Wildman–Crippen LogP) is 3.74. The van der Waals surface area contributed by atoms with Crippen molar-refractivity contribution in [1.29, 1.82) is 0 Å². The molecule has 0 aliphatic rings. The first-order chi connectivity index (χ1) is 7.90. The van der Waals surface area contributed by atoms with Crippen molar-refractivity contribution < 1.29 is 5.11 Å². The zero-order chi connectivity index (χ0) is 12.6. The van der Waals surface area contributed by atoms with Crippen LogP contribution in [0.5, 0.6) is 0 Å². The second kappa shape index (κ2) is 4.46. The molecule has 0 atom stereocenters. The average molecular weight is 296 g/mol. The number of hydrogen-bond donors (Lipinski definition) is 1. The highest BCUT2D eigenvalue weighted by atomic mass is 79.9. The van der Waals surface area contributed by atoms with Gasteiger partial charge in [0.15, 0.2) is 0 Å². The summed E-state index contributed by atoms with van der Waals surface area (Å²) < 4.78 is 3.31. The van der Waals surface area contributed by atoms with Crippen molar-refractivity contribution >= 4 is 26.8 Å². The molecular weight excluding hydrogens is 278 g/mol. The van der Waals surface area contributed by atoms with E-state index in [1.54, 1.807) is 0 Å². The van der Waals surface area contributed by atoms with Crippen LogP contribution in [-0.2, 0) is 13.0 Å². The van der Waals surface area contributed by atoms with Crippen molar-refractivity contribution in [2.45, 2.75) is 39.3 Å². The fourth-order valence-corrected chi connectivity index (χ4v) is 2.56. The Balaban J connectivity index is 2.57. The maximum Gasteiger partial charge on any atom is 0.0632 e. The smallest absolute Gasteiger partial charge is 0.0632 e. The summed E-state index contributed by atoms with van der Waals surface area (Å²) in [4.78, 5) is 0. The molecule has 0 fully saturated rings. The topological polar surface area (TPSA) is 25.2 Å². The van der Waals surface area contributed by atoms with Gasteiger partial charge in [-0.1, -0.05) is 22.0 Å². The molecule has 2 aromatic rings. The summed E-state index contributed by atoms with van der Waals surface area (Å²) in [6.45, 7) is 6.77. The van der Waals surface area contributed by atoms with Crippen LogP contribution in [0, 0.1) is 0 Å². The van der Waals surface area contributed by atoms with Crippen molar-refractivity contribution in [3.05, 3.63) is 34.4 Å². The van der Waals surface area contributed by atoms with Crippen LogP contribution in [0.15, 0.2) is 28.9 Å². The van der Waals surface area contributed by atoms with E-state index in [0.717, 1.165) is 11.0 Å². The highest BCUT2D eigenvalue weighted by molar-refractivity contribution is 9.10. The van der Waals surface area contributed by atoms with Gasteiger partial charge in [-0.05, 0) is 38.5 Å². The summed E-state index contributed by atoms with van der Waals surface area (Å²) >= 11 is 3.50. The Morgan fingerprint density at radius 2 is 2.06 bits per heavy atom. The number of nitrogens with zero attached hydrogens (tertiary/aromatic N) is 1. The lowest BCUT2D eigenvalue weighted by molar-refractivity contribution is 0.0813. The largest absolute Gasteiger partial charge is 0.390 e. The molecule has 17 heavy (non-hydrogen) atoms. The molecule has 0 aliphatic heterocycles. The molecule has 0 aliphatic carbocycles. The SMILES string of the molecule is CCn1cc(CC(C)(C)O)c2ccc(Br)cc21. The number of aryl methyl sites for hydroxylation is 1. The van der Waals surface area contributed by atoms with Crippen molar-refractivity contribution in [2.24, 2.45) is 0 Å². The van der Waals surface area contributed by atoms with Gasteiger partial charge in [-0.25, -0.2) is 0 Å². The Labute approximate surface area is 110 Å². The lowest BCUT2D eigenvalue weighted by Crippen LogP contribution is -2.21. The summed E-state index contributed by atoms with van der Waals surface area (Å²) in [6, 6.07) is 6.30. The minimum Gasteiger partial charge on any atom is -0.390 e. The van der Waals surface area contributed by atoms with Gasteiger partial charge in [-0.15, -0.1) is 0 Å². The highest BCUT2D eigenvalue weighted by Crippen LogP contribution is 2.27. The summed E-state index contributed by atoms with van der Waals surface area (Å²) in [5.41, 5.74) is 1.77. The van der Waals surface area contributed by atoms with Gasteiger partial charge in [0, 0.05) is 34.5 Å². The van der Waals surface area contributed by atoms with E-state index in [1.165, 1.54) is 16.5 Å². The van der Waals surface area contributed by atoms with Crippen molar-refractivity contribution in [3.8, 4) is 0 Å². The number of aliphatic hydroxyl groups is 1. The third-order valence-corrected chi connectivity index (χ3v) is 3.38. The van der Waals surface area contributed by atoms with Crippen LogP contribution < -0.4 is 0 Å². The van der Waals surface area contributed by atoms with E-state index < -0.39 is 5.60 Å². The van der Waals surface area contributed by atoms with Gasteiger partial charge in [0.05, 0.1) is 5.60 Å². The zero-order valence-corrected chi connectivity index (χ0v) is 12.1. The first-order valence-corrected chi connectivity index (χ1v) is 6.69. The van der Waals surface area contributed by atoms with Gasteiger partial charge in [0.1, 0.15) is 0 Å². The summed E-state index contributed by atoms with van der Waals surface area (Å²) in [7, 11) is 0. The highest BCUT2D eigenvalue weighted by Gasteiger charge is 2.17. The monoisotopic (exact) mass is 295 g/mol. The fourth-order valence-electron chi connectivity index (χ4n) is 2.21. The van der Waals surface area contributed by atoms with Crippen molar-refractivity contribution in [3.63, 3.8) is 0 Å². The molecule has 2 nitrogen and oxygen atoms in total. The second-order valence-corrected chi connectivity index (χ2v) is 6.01. The molecule has 1 N–H and O–H groups in total. The molecule has 0 saturated carbocycles. The number of benzene rings is 1. The number of halogens is 1. The second-order valence-electron chi connectivity index (χ2n) is 5.09. The third kappa shape index (κ3) is 2.72. The minimum atomic E-state index is -0.667. The van der Waals surface area contributed by atoms with E-state index in [4.69, 9.17) is 0 Å². The first kappa shape index (κ1) is 12.7. The predicted molar refractivity (Wildman–Crippen MR) is 75.3 cm³/mol. The quantitative estimate of drug-likeness (QED) is 0.917. The van der Waals surface area contributed by atoms with Crippen LogP contribution in [0.25, 0.3) is 10.9 Å². The van der Waals surface area contributed by atoms with E-state index in [-0.39, 0.29) is 0 Å². The molecule has 1 aromatic heterocycles. The third-order valence-electron chi connectivity index (χ3n) is 2.89. The molecule has 0 amide bonds. The van der Waals surface area contributed by atoms with Gasteiger partial charge in [0.25, 0.3) is 0 Å². The Morgan fingerprint density at radius 1 is 1.35 bits per heavy atom. The van der Waals surface area contributed by atoms with Gasteiger partial charge >= 0.3 is 0 Å². The molecule has 0 saturated heterocycles. The Hall–Kier alpha value is -0.800. The number of rotatable bonds is 3. The molecule has 92 valence electrons. The summed E-state index contributed by atoms with van der Waals surface area (Å²) in [5, 5.41) is 11.2. The Bertz CT molecular complexity index is 537. The van der Waals surface area contributed by atoms with Crippen LogP contribution in [0.3, 0.4) is 0 Å². The molecule has 2 rings (SSSR count). The fraction of sp³-hybridized carbons (Fsp3) is 0.429. The summed E-state index contributed by atoms with van der Waals surface area (Å²) in [6.07, 6.45) is 2.83. The molecule has 0 bridgehead atoms. The standard InChI is InChI=1S/C14H18BrNO/c1-4-16-9-10(8-14(2,3)17)12-6-5-11(15)7-13(12)16/h5-7,9,17H,4,8H2,1-3H3. The summed E-state index contributed by atoms with van der Waals surface area (Å²) in [5.74, 6) is 0. The first-order valence-electron chi connectivity index (χ1n) is 5.90. The van der Waals surface area contributed by atoms with Crippen molar-refractivity contribution in [2.75, 3.05) is 0 Å². The molecule has 0 unspecified atom stereocenters. The van der Waals surface area contributed by atoms with Gasteiger partial charge < -0.3 is 9.67 Å². The van der Waals surface area contributed by atoms with E-state index in [9.17, 15) is 5.11 Å². The van der Waals surface area contributed by atoms with Crippen LogP contribution in [-0.4, -0.2) is 15.3 Å². The molecule has 3 heteroatoms. The minimum absolute atomic E-state index is 0.667. The van der Waals surface area contributed by atoms with E-state index in [2.05, 4.69) is 51.8 Å². The number of aromatic nitrogens is 1. The molecule has 0 spiro atoms. The Morgan fingerprint density at radius 3 is 2.65 bits per heavy atom. The van der Waals surface area contributed by atoms with Crippen LogP contribution >= 0.6 is 15.9 Å². The number of hydrogen-bond acceptors (Lipinski definition) is 1. The van der Waals surface area contributed by atoms with Crippen molar-refractivity contribution in [1.82, 2.24) is 4.57 Å². The van der Waals surface area contributed by atoms with Gasteiger partial charge in [-0.3, -0.25) is 0 Å². The van der Waals surface area contributed by atoms with E-state index in [1.807, 2.05) is 13.8 Å². The molecule has 1 aromatic carbocycles. The maximum atomic E-state index is 9.95. The lowest BCUT2D eigenvalue weighted by atomic mass is 9.98. The normalized spacial score (nSPS) is 12.3. The molecule has 1 heterocycles. The maximum absolute atomic E-state index is 9.95. The van der Waals surface area contributed by atoms with Crippen LogP contribution in [0.1, 0.15) is 26.3 Å². The molecular formula is C14H18BrNO. The van der Waals surface area contributed by atoms with E-state index in [0.29, 0.717) is 6.42 Å². The van der Waals surface area contributed by atoms with Crippen LogP contribution in [0.4, 0.5) is 0 Å². The Kier molecular flexibility index (Phi) is 3.32. The van der Waals surface area contributed by atoms with Crippen LogP contribution in [0.2, 0.25) is 0 Å². The van der Waals surface area contributed by atoms with E-state index >= 15 is 0 Å². The zero-order valence-electron chi connectivity index (χ0n) is 10.5. The van der Waals surface area contributed by atoms with Gasteiger partial charge in [0.2, 0.25) is 0 Å². The molecule has 0 radical (unpaired) electrons. The lowest BCUT2D eigenvalue weighted by Gasteiger charge is -2.16.